The molecule has 1 aliphatic heterocycles. The molecule has 1 aliphatic rings. The number of hydrogen-bond acceptors (Lipinski definition) is 6. The standard InChI is InChI=1S/C22H23N5O2/c1-16-4-6-17(7-5-16)20-13-19(15-25-26-20)22(28)24-14-18-3-2-8-23-21(18)27-9-11-29-12-10-27/h2-8,13,15H,9-12,14H2,1H3,(H,24,28). The van der Waals surface area contributed by atoms with E-state index in [0.717, 1.165) is 30.0 Å². The molecule has 0 atom stereocenters. The largest absolute Gasteiger partial charge is 0.378 e. The van der Waals surface area contributed by atoms with Gasteiger partial charge in [-0.05, 0) is 19.1 Å². The molecule has 1 N–H and O–H groups in total. The fourth-order valence-corrected chi connectivity index (χ4v) is 3.26. The number of carbonyl (C=O) groups excluding carboxylic acids is 1. The van der Waals surface area contributed by atoms with Crippen LogP contribution in [0.1, 0.15) is 21.5 Å². The topological polar surface area (TPSA) is 80.2 Å². The number of amides is 1. The number of pyridine rings is 1. The smallest absolute Gasteiger partial charge is 0.253 e. The number of morpholine rings is 1. The van der Waals surface area contributed by atoms with Gasteiger partial charge >= 0.3 is 0 Å². The molecule has 1 amide bonds. The highest BCUT2D eigenvalue weighted by Crippen LogP contribution is 2.20. The summed E-state index contributed by atoms with van der Waals surface area (Å²) in [6.07, 6.45) is 3.26. The van der Waals surface area contributed by atoms with Crippen molar-refractivity contribution in [3.8, 4) is 11.3 Å². The number of carbonyl (C=O) groups is 1. The number of hydrogen-bond donors (Lipinski definition) is 1. The Bertz CT molecular complexity index is 985. The first-order chi connectivity index (χ1) is 14.2. The van der Waals surface area contributed by atoms with Crippen LogP contribution in [0.15, 0.2) is 54.9 Å². The monoisotopic (exact) mass is 389 g/mol. The van der Waals surface area contributed by atoms with Crippen molar-refractivity contribution in [3.63, 3.8) is 0 Å². The van der Waals surface area contributed by atoms with Crippen LogP contribution in [0.25, 0.3) is 11.3 Å². The summed E-state index contributed by atoms with van der Waals surface area (Å²) in [5.41, 5.74) is 4.23. The van der Waals surface area contributed by atoms with Crippen molar-refractivity contribution in [3.05, 3.63) is 71.5 Å². The van der Waals surface area contributed by atoms with E-state index >= 15 is 0 Å². The van der Waals surface area contributed by atoms with E-state index in [2.05, 4.69) is 25.4 Å². The van der Waals surface area contributed by atoms with E-state index in [1.165, 1.54) is 11.8 Å². The summed E-state index contributed by atoms with van der Waals surface area (Å²) in [5.74, 6) is 0.703. The summed E-state index contributed by atoms with van der Waals surface area (Å²) >= 11 is 0. The molecule has 7 nitrogen and oxygen atoms in total. The summed E-state index contributed by atoms with van der Waals surface area (Å²) in [6, 6.07) is 13.6. The first kappa shape index (κ1) is 19.0. The van der Waals surface area contributed by atoms with Gasteiger partial charge in [0.05, 0.1) is 30.7 Å². The average Bonchev–Trinajstić information content (AvgIpc) is 2.79. The second kappa shape index (κ2) is 8.79. The molecule has 4 rings (SSSR count). The Morgan fingerprint density at radius 2 is 1.97 bits per heavy atom. The summed E-state index contributed by atoms with van der Waals surface area (Å²) in [6.45, 7) is 5.39. The minimum absolute atomic E-state index is 0.190. The van der Waals surface area contributed by atoms with Crippen molar-refractivity contribution >= 4 is 11.7 Å². The van der Waals surface area contributed by atoms with Crippen molar-refractivity contribution in [2.45, 2.75) is 13.5 Å². The Morgan fingerprint density at radius 3 is 2.76 bits per heavy atom. The average molecular weight is 389 g/mol. The summed E-state index contributed by atoms with van der Waals surface area (Å²) in [4.78, 5) is 19.4. The maximum Gasteiger partial charge on any atom is 0.253 e. The Labute approximate surface area is 169 Å². The lowest BCUT2D eigenvalue weighted by molar-refractivity contribution is 0.0950. The lowest BCUT2D eigenvalue weighted by Crippen LogP contribution is -2.37. The van der Waals surface area contributed by atoms with Gasteiger partial charge in [-0.1, -0.05) is 35.9 Å². The van der Waals surface area contributed by atoms with Gasteiger partial charge in [0.15, 0.2) is 0 Å². The van der Waals surface area contributed by atoms with Gasteiger partial charge < -0.3 is 15.0 Å². The highest BCUT2D eigenvalue weighted by molar-refractivity contribution is 5.94. The first-order valence-electron chi connectivity index (χ1n) is 9.65. The molecule has 2 aromatic heterocycles. The fourth-order valence-electron chi connectivity index (χ4n) is 3.26. The normalized spacial score (nSPS) is 13.9. The molecule has 0 bridgehead atoms. The van der Waals surface area contributed by atoms with Crippen molar-refractivity contribution in [1.29, 1.82) is 0 Å². The van der Waals surface area contributed by atoms with Crippen LogP contribution >= 0.6 is 0 Å². The molecule has 0 aliphatic carbocycles. The predicted molar refractivity (Wildman–Crippen MR) is 111 cm³/mol. The third-order valence-electron chi connectivity index (χ3n) is 4.88. The number of rotatable bonds is 5. The van der Waals surface area contributed by atoms with Crippen LogP contribution in [0.2, 0.25) is 0 Å². The Hall–Kier alpha value is -3.32. The van der Waals surface area contributed by atoms with Crippen LogP contribution in [0.5, 0.6) is 0 Å². The lowest BCUT2D eigenvalue weighted by Gasteiger charge is -2.29. The number of aromatic nitrogens is 3. The van der Waals surface area contributed by atoms with E-state index in [9.17, 15) is 4.79 Å². The van der Waals surface area contributed by atoms with E-state index in [-0.39, 0.29) is 5.91 Å². The summed E-state index contributed by atoms with van der Waals surface area (Å²) in [7, 11) is 0. The molecule has 0 saturated carbocycles. The molecule has 3 aromatic rings. The third-order valence-corrected chi connectivity index (χ3v) is 4.88. The van der Waals surface area contributed by atoms with Gasteiger partial charge in [0.2, 0.25) is 0 Å². The highest BCUT2D eigenvalue weighted by Gasteiger charge is 2.16. The SMILES string of the molecule is Cc1ccc(-c2cc(C(=O)NCc3cccnc3N3CCOCC3)cnn2)cc1. The van der Waals surface area contributed by atoms with E-state index < -0.39 is 0 Å². The molecule has 7 heteroatoms. The zero-order valence-electron chi connectivity index (χ0n) is 16.3. The minimum Gasteiger partial charge on any atom is -0.378 e. The molecular weight excluding hydrogens is 366 g/mol. The van der Waals surface area contributed by atoms with Crippen LogP contribution < -0.4 is 10.2 Å². The molecular formula is C22H23N5O2. The number of anilines is 1. The van der Waals surface area contributed by atoms with Crippen LogP contribution in [0.3, 0.4) is 0 Å². The van der Waals surface area contributed by atoms with E-state index in [0.29, 0.717) is 31.0 Å². The van der Waals surface area contributed by atoms with E-state index in [1.54, 1.807) is 12.3 Å². The van der Waals surface area contributed by atoms with Crippen molar-refractivity contribution in [2.24, 2.45) is 0 Å². The zero-order chi connectivity index (χ0) is 20.1. The predicted octanol–water partition coefficient (Wildman–Crippen LogP) is 2.61. The van der Waals surface area contributed by atoms with Crippen LogP contribution in [0, 0.1) is 6.92 Å². The third kappa shape index (κ3) is 4.57. The Balaban J connectivity index is 1.47. The highest BCUT2D eigenvalue weighted by atomic mass is 16.5. The van der Waals surface area contributed by atoms with Gasteiger partial charge in [-0.25, -0.2) is 4.98 Å². The lowest BCUT2D eigenvalue weighted by atomic mass is 10.1. The van der Waals surface area contributed by atoms with Crippen molar-refractivity contribution < 1.29 is 9.53 Å². The molecule has 148 valence electrons. The molecule has 0 unspecified atom stereocenters. The molecule has 3 heterocycles. The molecule has 0 spiro atoms. The maximum absolute atomic E-state index is 12.7. The summed E-state index contributed by atoms with van der Waals surface area (Å²) in [5, 5.41) is 11.1. The number of nitrogens with zero attached hydrogens (tertiary/aromatic N) is 4. The molecule has 29 heavy (non-hydrogen) atoms. The van der Waals surface area contributed by atoms with Gasteiger partial charge in [0.25, 0.3) is 5.91 Å². The second-order valence-electron chi connectivity index (χ2n) is 6.96. The number of benzene rings is 1. The van der Waals surface area contributed by atoms with Crippen LogP contribution in [-0.4, -0.2) is 47.4 Å². The van der Waals surface area contributed by atoms with E-state index in [1.807, 2.05) is 43.3 Å². The van der Waals surface area contributed by atoms with Gasteiger partial charge in [0, 0.05) is 37.0 Å². The number of ether oxygens (including phenoxy) is 1. The first-order valence-corrected chi connectivity index (χ1v) is 9.65. The fraction of sp³-hybridized carbons (Fsp3) is 0.273. The van der Waals surface area contributed by atoms with Crippen LogP contribution in [-0.2, 0) is 11.3 Å². The van der Waals surface area contributed by atoms with E-state index in [4.69, 9.17) is 4.74 Å². The molecule has 1 fully saturated rings. The van der Waals surface area contributed by atoms with Crippen molar-refractivity contribution in [1.82, 2.24) is 20.5 Å². The molecule has 0 radical (unpaired) electrons. The van der Waals surface area contributed by atoms with Crippen molar-refractivity contribution in [2.75, 3.05) is 31.2 Å². The van der Waals surface area contributed by atoms with Crippen LogP contribution in [0.4, 0.5) is 5.82 Å². The second-order valence-corrected chi connectivity index (χ2v) is 6.96. The maximum atomic E-state index is 12.7. The zero-order valence-corrected chi connectivity index (χ0v) is 16.3. The Morgan fingerprint density at radius 1 is 1.17 bits per heavy atom. The van der Waals surface area contributed by atoms with Gasteiger partial charge in [-0.3, -0.25) is 4.79 Å². The van der Waals surface area contributed by atoms with Gasteiger partial charge in [-0.15, -0.1) is 0 Å². The number of nitrogens with one attached hydrogen (secondary N) is 1. The number of aryl methyl sites for hydroxylation is 1. The quantitative estimate of drug-likeness (QED) is 0.723. The van der Waals surface area contributed by atoms with Gasteiger partial charge in [-0.2, -0.15) is 10.2 Å². The molecule has 1 aromatic carbocycles. The van der Waals surface area contributed by atoms with Gasteiger partial charge in [0.1, 0.15) is 5.82 Å². The summed E-state index contributed by atoms with van der Waals surface area (Å²) < 4.78 is 5.42. The molecule has 1 saturated heterocycles. The Kier molecular flexibility index (Phi) is 5.76. The minimum atomic E-state index is -0.190.